The summed E-state index contributed by atoms with van der Waals surface area (Å²) >= 11 is 0. The largest absolute Gasteiger partial charge is 0.480 e. The van der Waals surface area contributed by atoms with E-state index in [0.717, 1.165) is 17.1 Å². The van der Waals surface area contributed by atoms with Gasteiger partial charge in [-0.2, -0.15) is 5.10 Å². The standard InChI is InChI=1S/C20H27N3O4/c1-13-12-14(2)23(22-13)16-8-6-15(7-9-16)18(24)21-17(19(25)26)10-11-27-20(3,4)5/h6-9,12,17H,10-11H2,1-5H3,(H,21,24)(H,25,26). The van der Waals surface area contributed by atoms with Crippen molar-refractivity contribution in [2.75, 3.05) is 6.61 Å². The topological polar surface area (TPSA) is 93.5 Å². The van der Waals surface area contributed by atoms with Crippen LogP contribution in [-0.4, -0.2) is 45.0 Å². The van der Waals surface area contributed by atoms with Crippen molar-refractivity contribution in [2.45, 2.75) is 52.7 Å². The van der Waals surface area contributed by atoms with Crippen LogP contribution >= 0.6 is 0 Å². The third-order valence-electron chi connectivity index (χ3n) is 3.93. The third kappa shape index (κ3) is 5.92. The molecule has 1 aromatic carbocycles. The zero-order chi connectivity index (χ0) is 20.2. The molecule has 0 aliphatic rings. The number of nitrogens with zero attached hydrogens (tertiary/aromatic N) is 2. The second kappa shape index (κ2) is 8.35. The van der Waals surface area contributed by atoms with Gasteiger partial charge in [-0.05, 0) is 65.0 Å². The maximum Gasteiger partial charge on any atom is 0.326 e. The molecular formula is C20H27N3O4. The van der Waals surface area contributed by atoms with Crippen molar-refractivity contribution in [1.29, 1.82) is 0 Å². The van der Waals surface area contributed by atoms with Crippen LogP contribution in [0.1, 0.15) is 48.9 Å². The first-order valence-electron chi connectivity index (χ1n) is 8.88. The van der Waals surface area contributed by atoms with Gasteiger partial charge in [-0.1, -0.05) is 0 Å². The minimum Gasteiger partial charge on any atom is -0.480 e. The Labute approximate surface area is 159 Å². The number of nitrogens with one attached hydrogen (secondary N) is 1. The molecule has 2 aromatic rings. The van der Waals surface area contributed by atoms with Gasteiger partial charge in [-0.3, -0.25) is 4.79 Å². The summed E-state index contributed by atoms with van der Waals surface area (Å²) in [4.78, 5) is 23.8. The van der Waals surface area contributed by atoms with E-state index < -0.39 is 17.9 Å². The van der Waals surface area contributed by atoms with E-state index in [2.05, 4.69) is 10.4 Å². The molecule has 1 unspecified atom stereocenters. The van der Waals surface area contributed by atoms with E-state index in [1.54, 1.807) is 28.9 Å². The van der Waals surface area contributed by atoms with Crippen LogP contribution in [0.25, 0.3) is 5.69 Å². The maximum absolute atomic E-state index is 12.4. The predicted molar refractivity (Wildman–Crippen MR) is 102 cm³/mol. The Balaban J connectivity index is 2.03. The number of ether oxygens (including phenoxy) is 1. The lowest BCUT2D eigenvalue weighted by molar-refractivity contribution is -0.140. The first-order valence-corrected chi connectivity index (χ1v) is 8.88. The number of carbonyl (C=O) groups is 2. The second-order valence-electron chi connectivity index (χ2n) is 7.50. The molecule has 0 aliphatic carbocycles. The van der Waals surface area contributed by atoms with Gasteiger partial charge >= 0.3 is 5.97 Å². The van der Waals surface area contributed by atoms with E-state index in [0.29, 0.717) is 5.56 Å². The lowest BCUT2D eigenvalue weighted by atomic mass is 10.1. The third-order valence-corrected chi connectivity index (χ3v) is 3.93. The Bertz CT molecular complexity index is 804. The number of hydrogen-bond acceptors (Lipinski definition) is 4. The lowest BCUT2D eigenvalue weighted by Crippen LogP contribution is -2.42. The summed E-state index contributed by atoms with van der Waals surface area (Å²) in [7, 11) is 0. The summed E-state index contributed by atoms with van der Waals surface area (Å²) in [5, 5.41) is 16.3. The van der Waals surface area contributed by atoms with E-state index in [1.165, 1.54) is 0 Å². The van der Waals surface area contributed by atoms with Gasteiger partial charge in [-0.15, -0.1) is 0 Å². The van der Waals surface area contributed by atoms with Gasteiger partial charge in [0.25, 0.3) is 5.91 Å². The van der Waals surface area contributed by atoms with Crippen LogP contribution in [0, 0.1) is 13.8 Å². The molecule has 146 valence electrons. The number of carbonyl (C=O) groups excluding carboxylic acids is 1. The van der Waals surface area contributed by atoms with Crippen LogP contribution in [0.4, 0.5) is 0 Å². The van der Waals surface area contributed by atoms with Crippen LogP contribution in [0.2, 0.25) is 0 Å². The van der Waals surface area contributed by atoms with E-state index >= 15 is 0 Å². The van der Waals surface area contributed by atoms with Crippen molar-refractivity contribution >= 4 is 11.9 Å². The van der Waals surface area contributed by atoms with Crippen LogP contribution in [0.5, 0.6) is 0 Å². The zero-order valence-electron chi connectivity index (χ0n) is 16.4. The van der Waals surface area contributed by atoms with Crippen LogP contribution < -0.4 is 5.32 Å². The first kappa shape index (κ1) is 20.6. The molecule has 0 spiro atoms. The van der Waals surface area contributed by atoms with Gasteiger partial charge in [0.2, 0.25) is 0 Å². The maximum atomic E-state index is 12.4. The molecule has 1 atom stereocenters. The quantitative estimate of drug-likeness (QED) is 0.778. The van der Waals surface area contributed by atoms with Crippen molar-refractivity contribution in [3.05, 3.63) is 47.3 Å². The SMILES string of the molecule is Cc1cc(C)n(-c2ccc(C(=O)NC(CCOC(C)(C)C)C(=O)O)cc2)n1. The number of aryl methyl sites for hydroxylation is 2. The molecule has 1 heterocycles. The number of carboxylic acids is 1. The van der Waals surface area contributed by atoms with Crippen LogP contribution in [-0.2, 0) is 9.53 Å². The molecule has 7 nitrogen and oxygen atoms in total. The van der Waals surface area contributed by atoms with E-state index in [-0.39, 0.29) is 18.6 Å². The summed E-state index contributed by atoms with van der Waals surface area (Å²) in [6.07, 6.45) is 0.197. The number of carboxylic acid groups (broad SMARTS) is 1. The molecule has 1 aromatic heterocycles. The monoisotopic (exact) mass is 373 g/mol. The molecule has 0 aliphatic heterocycles. The molecule has 0 fully saturated rings. The fourth-order valence-electron chi connectivity index (χ4n) is 2.63. The van der Waals surface area contributed by atoms with Crippen molar-refractivity contribution < 1.29 is 19.4 Å². The van der Waals surface area contributed by atoms with Gasteiger partial charge in [0, 0.05) is 24.3 Å². The normalized spacial score (nSPS) is 12.6. The highest BCUT2D eigenvalue weighted by Crippen LogP contribution is 2.14. The molecule has 0 bridgehead atoms. The Kier molecular flexibility index (Phi) is 6.38. The molecule has 0 radical (unpaired) electrons. The number of hydrogen-bond donors (Lipinski definition) is 2. The molecule has 0 saturated heterocycles. The average Bonchev–Trinajstić information content (AvgIpc) is 2.91. The highest BCUT2D eigenvalue weighted by molar-refractivity contribution is 5.96. The number of aromatic nitrogens is 2. The van der Waals surface area contributed by atoms with Crippen LogP contribution in [0.15, 0.2) is 30.3 Å². The van der Waals surface area contributed by atoms with E-state index in [9.17, 15) is 14.7 Å². The summed E-state index contributed by atoms with van der Waals surface area (Å²) in [5.41, 5.74) is 2.78. The van der Waals surface area contributed by atoms with Gasteiger partial charge in [0.05, 0.1) is 17.0 Å². The van der Waals surface area contributed by atoms with Crippen molar-refractivity contribution in [2.24, 2.45) is 0 Å². The fraction of sp³-hybridized carbons (Fsp3) is 0.450. The van der Waals surface area contributed by atoms with Gasteiger partial charge in [0.1, 0.15) is 6.04 Å². The van der Waals surface area contributed by atoms with E-state index in [1.807, 2.05) is 40.7 Å². The molecule has 2 N–H and O–H groups in total. The summed E-state index contributed by atoms with van der Waals surface area (Å²) in [6.45, 7) is 9.80. The van der Waals surface area contributed by atoms with Crippen LogP contribution in [0.3, 0.4) is 0 Å². The van der Waals surface area contributed by atoms with Gasteiger partial charge in [-0.25, -0.2) is 9.48 Å². The van der Waals surface area contributed by atoms with Crippen molar-refractivity contribution in [3.63, 3.8) is 0 Å². The number of amides is 1. The highest BCUT2D eigenvalue weighted by atomic mass is 16.5. The fourth-order valence-corrected chi connectivity index (χ4v) is 2.63. The number of rotatable bonds is 7. The van der Waals surface area contributed by atoms with Gasteiger partial charge < -0.3 is 15.2 Å². The zero-order valence-corrected chi connectivity index (χ0v) is 16.4. The van der Waals surface area contributed by atoms with E-state index in [4.69, 9.17) is 4.74 Å². The summed E-state index contributed by atoms with van der Waals surface area (Å²) < 4.78 is 7.34. The summed E-state index contributed by atoms with van der Waals surface area (Å²) in [6, 6.07) is 7.85. The molecular weight excluding hydrogens is 346 g/mol. The molecule has 1 amide bonds. The van der Waals surface area contributed by atoms with Gasteiger partial charge in [0.15, 0.2) is 0 Å². The lowest BCUT2D eigenvalue weighted by Gasteiger charge is -2.21. The Morgan fingerprint density at radius 3 is 2.33 bits per heavy atom. The van der Waals surface area contributed by atoms with Crippen molar-refractivity contribution in [3.8, 4) is 5.69 Å². The molecule has 2 rings (SSSR count). The minimum absolute atomic E-state index is 0.197. The Morgan fingerprint density at radius 2 is 1.85 bits per heavy atom. The minimum atomic E-state index is -1.08. The second-order valence-corrected chi connectivity index (χ2v) is 7.50. The first-order chi connectivity index (χ1) is 12.6. The highest BCUT2D eigenvalue weighted by Gasteiger charge is 2.22. The molecule has 7 heteroatoms. The summed E-state index contributed by atoms with van der Waals surface area (Å²) in [5.74, 6) is -1.52. The average molecular weight is 373 g/mol. The Morgan fingerprint density at radius 1 is 1.22 bits per heavy atom. The smallest absolute Gasteiger partial charge is 0.326 e. The predicted octanol–water partition coefficient (Wildman–Crippen LogP) is 2.88. The number of benzene rings is 1. The molecule has 0 saturated carbocycles. The van der Waals surface area contributed by atoms with Crippen molar-refractivity contribution in [1.82, 2.24) is 15.1 Å². The Hall–Kier alpha value is -2.67. The molecule has 27 heavy (non-hydrogen) atoms. The number of aliphatic carboxylic acids is 1.